The predicted molar refractivity (Wildman–Crippen MR) is 101 cm³/mol. The molecule has 0 N–H and O–H groups in total. The van der Waals surface area contributed by atoms with Crippen molar-refractivity contribution in [2.75, 3.05) is 13.7 Å². The number of rotatable bonds is 8. The van der Waals surface area contributed by atoms with Gasteiger partial charge >= 0.3 is 5.97 Å². The zero-order chi connectivity index (χ0) is 18.4. The average Bonchev–Trinajstić information content (AvgIpc) is 3.52. The van der Waals surface area contributed by atoms with Gasteiger partial charge in [0, 0.05) is 24.9 Å². The average molecular weight is 351 g/mol. The topological polar surface area (TPSA) is 46.6 Å². The Kier molecular flexibility index (Phi) is 6.05. The molecule has 2 aromatic rings. The summed E-state index contributed by atoms with van der Waals surface area (Å²) >= 11 is 0. The van der Waals surface area contributed by atoms with Crippen LogP contribution in [0.2, 0.25) is 0 Å². The Balaban J connectivity index is 1.77. The Bertz CT molecular complexity index is 686. The first kappa shape index (κ1) is 18.2. The van der Waals surface area contributed by atoms with Crippen molar-refractivity contribution in [1.82, 2.24) is 4.90 Å². The van der Waals surface area contributed by atoms with Gasteiger partial charge in [-0.2, -0.15) is 0 Å². The Hall–Kier alpha value is -2.62. The van der Waals surface area contributed by atoms with E-state index in [1.165, 1.54) is 7.11 Å². The maximum Gasteiger partial charge on any atom is 0.307 e. The molecule has 1 saturated carbocycles. The van der Waals surface area contributed by atoms with Gasteiger partial charge in [-0.15, -0.1) is 0 Å². The molecule has 1 aliphatic carbocycles. The number of carbonyl (C=O) groups excluding carboxylic acids is 2. The van der Waals surface area contributed by atoms with Crippen LogP contribution in [-0.4, -0.2) is 36.5 Å². The van der Waals surface area contributed by atoms with Crippen LogP contribution in [0, 0.1) is 0 Å². The number of hydrogen-bond acceptors (Lipinski definition) is 3. The van der Waals surface area contributed by atoms with Gasteiger partial charge in [0.15, 0.2) is 0 Å². The summed E-state index contributed by atoms with van der Waals surface area (Å²) in [7, 11) is 1.38. The molecule has 0 aliphatic heterocycles. The summed E-state index contributed by atoms with van der Waals surface area (Å²) in [4.78, 5) is 26.4. The van der Waals surface area contributed by atoms with E-state index in [0.717, 1.165) is 24.0 Å². The molecule has 1 fully saturated rings. The van der Waals surface area contributed by atoms with E-state index in [4.69, 9.17) is 4.74 Å². The normalized spacial score (nSPS) is 13.5. The van der Waals surface area contributed by atoms with E-state index in [9.17, 15) is 9.59 Å². The van der Waals surface area contributed by atoms with E-state index in [-0.39, 0.29) is 30.3 Å². The molecule has 0 aromatic heterocycles. The highest BCUT2D eigenvalue weighted by Gasteiger charge is 2.34. The van der Waals surface area contributed by atoms with Crippen molar-refractivity contribution in [2.45, 2.75) is 37.6 Å². The third kappa shape index (κ3) is 4.72. The zero-order valence-corrected chi connectivity index (χ0v) is 15.1. The highest BCUT2D eigenvalue weighted by atomic mass is 16.5. The Morgan fingerprint density at radius 2 is 1.54 bits per heavy atom. The lowest BCUT2D eigenvalue weighted by molar-refractivity contribution is -0.141. The number of amides is 1. The van der Waals surface area contributed by atoms with Crippen molar-refractivity contribution < 1.29 is 14.3 Å². The summed E-state index contributed by atoms with van der Waals surface area (Å²) in [5, 5.41) is 0. The van der Waals surface area contributed by atoms with Crippen molar-refractivity contribution in [3.63, 3.8) is 0 Å². The highest BCUT2D eigenvalue weighted by molar-refractivity contribution is 5.79. The SMILES string of the molecule is COC(=O)CCN(C(=O)CC(c1ccccc1)c1ccccc1)C1CC1. The van der Waals surface area contributed by atoms with E-state index in [1.807, 2.05) is 41.3 Å². The summed E-state index contributed by atoms with van der Waals surface area (Å²) in [6.45, 7) is 0.437. The second kappa shape index (κ2) is 8.65. The molecule has 0 saturated heterocycles. The van der Waals surface area contributed by atoms with Crippen LogP contribution < -0.4 is 0 Å². The lowest BCUT2D eigenvalue weighted by Gasteiger charge is -2.25. The summed E-state index contributed by atoms with van der Waals surface area (Å²) in [6, 6.07) is 20.6. The second-order valence-corrected chi connectivity index (χ2v) is 6.72. The number of nitrogens with zero attached hydrogens (tertiary/aromatic N) is 1. The predicted octanol–water partition coefficient (Wildman–Crippen LogP) is 3.76. The first-order valence-corrected chi connectivity index (χ1v) is 9.15. The van der Waals surface area contributed by atoms with Crippen molar-refractivity contribution in [1.29, 1.82) is 0 Å². The van der Waals surface area contributed by atoms with E-state index in [1.54, 1.807) is 0 Å². The van der Waals surface area contributed by atoms with Gasteiger partial charge in [0.1, 0.15) is 0 Å². The van der Waals surface area contributed by atoms with Crippen LogP contribution in [0.5, 0.6) is 0 Å². The largest absolute Gasteiger partial charge is 0.469 e. The lowest BCUT2D eigenvalue weighted by atomic mass is 9.88. The molecule has 4 nitrogen and oxygen atoms in total. The Labute approximate surface area is 154 Å². The lowest BCUT2D eigenvalue weighted by Crippen LogP contribution is -2.36. The molecule has 1 aliphatic rings. The van der Waals surface area contributed by atoms with Crippen LogP contribution in [0.1, 0.15) is 42.7 Å². The van der Waals surface area contributed by atoms with Gasteiger partial charge in [-0.1, -0.05) is 60.7 Å². The Morgan fingerprint density at radius 1 is 1.00 bits per heavy atom. The second-order valence-electron chi connectivity index (χ2n) is 6.72. The summed E-state index contributed by atoms with van der Waals surface area (Å²) in [6.07, 6.45) is 2.70. The highest BCUT2D eigenvalue weighted by Crippen LogP contribution is 2.32. The van der Waals surface area contributed by atoms with Gasteiger partial charge in [0.2, 0.25) is 5.91 Å². The fraction of sp³-hybridized carbons (Fsp3) is 0.364. The van der Waals surface area contributed by atoms with Crippen LogP contribution >= 0.6 is 0 Å². The summed E-state index contributed by atoms with van der Waals surface area (Å²) in [5.41, 5.74) is 2.27. The molecule has 2 aromatic carbocycles. The first-order chi connectivity index (χ1) is 12.7. The minimum absolute atomic E-state index is 0.0178. The number of hydrogen-bond donors (Lipinski definition) is 0. The molecular weight excluding hydrogens is 326 g/mol. The van der Waals surface area contributed by atoms with Gasteiger partial charge in [-0.05, 0) is 24.0 Å². The van der Waals surface area contributed by atoms with Gasteiger partial charge in [-0.3, -0.25) is 9.59 Å². The first-order valence-electron chi connectivity index (χ1n) is 9.15. The van der Waals surface area contributed by atoms with E-state index < -0.39 is 0 Å². The van der Waals surface area contributed by atoms with Gasteiger partial charge in [-0.25, -0.2) is 0 Å². The Morgan fingerprint density at radius 3 is 2.00 bits per heavy atom. The molecular formula is C22H25NO3. The molecule has 0 bridgehead atoms. The standard InChI is InChI=1S/C22H25NO3/c1-26-22(25)14-15-23(19-12-13-19)21(24)16-20(17-8-4-2-5-9-17)18-10-6-3-7-11-18/h2-11,19-20H,12-16H2,1H3. The molecule has 0 unspecified atom stereocenters. The van der Waals surface area contributed by atoms with Crippen LogP contribution in [0.15, 0.2) is 60.7 Å². The number of benzene rings is 2. The van der Waals surface area contributed by atoms with Crippen LogP contribution in [0.4, 0.5) is 0 Å². The van der Waals surface area contributed by atoms with E-state index in [0.29, 0.717) is 13.0 Å². The van der Waals surface area contributed by atoms with Gasteiger partial charge < -0.3 is 9.64 Å². The fourth-order valence-electron chi connectivity index (χ4n) is 3.30. The number of methoxy groups -OCH3 is 1. The molecule has 26 heavy (non-hydrogen) atoms. The van der Waals surface area contributed by atoms with Crippen molar-refractivity contribution >= 4 is 11.9 Å². The molecule has 0 spiro atoms. The maximum atomic E-state index is 13.1. The smallest absolute Gasteiger partial charge is 0.307 e. The van der Waals surface area contributed by atoms with Crippen LogP contribution in [-0.2, 0) is 14.3 Å². The summed E-state index contributed by atoms with van der Waals surface area (Å²) in [5.74, 6) is -0.149. The van der Waals surface area contributed by atoms with Crippen LogP contribution in [0.25, 0.3) is 0 Å². The van der Waals surface area contributed by atoms with Gasteiger partial charge in [0.05, 0.1) is 13.5 Å². The minimum Gasteiger partial charge on any atom is -0.469 e. The molecule has 0 heterocycles. The molecule has 136 valence electrons. The third-order valence-electron chi connectivity index (χ3n) is 4.88. The summed E-state index contributed by atoms with van der Waals surface area (Å²) < 4.78 is 4.72. The number of esters is 1. The molecule has 3 rings (SSSR count). The minimum atomic E-state index is -0.272. The fourth-order valence-corrected chi connectivity index (χ4v) is 3.30. The molecule has 4 heteroatoms. The molecule has 1 amide bonds. The van der Waals surface area contributed by atoms with Gasteiger partial charge in [0.25, 0.3) is 0 Å². The number of carbonyl (C=O) groups is 2. The number of ether oxygens (including phenoxy) is 1. The quantitative estimate of drug-likeness (QED) is 0.680. The van der Waals surface area contributed by atoms with E-state index in [2.05, 4.69) is 24.3 Å². The molecule has 0 atom stereocenters. The molecule has 0 radical (unpaired) electrons. The monoisotopic (exact) mass is 351 g/mol. The van der Waals surface area contributed by atoms with Crippen molar-refractivity contribution in [3.05, 3.63) is 71.8 Å². The van der Waals surface area contributed by atoms with Crippen molar-refractivity contribution in [3.8, 4) is 0 Å². The van der Waals surface area contributed by atoms with Crippen molar-refractivity contribution in [2.24, 2.45) is 0 Å². The maximum absolute atomic E-state index is 13.1. The van der Waals surface area contributed by atoms with Crippen LogP contribution in [0.3, 0.4) is 0 Å². The third-order valence-corrected chi connectivity index (χ3v) is 4.88. The van der Waals surface area contributed by atoms with E-state index >= 15 is 0 Å². The zero-order valence-electron chi connectivity index (χ0n) is 15.1.